The van der Waals surface area contributed by atoms with Crippen LogP contribution in [0.4, 0.5) is 4.79 Å². The van der Waals surface area contributed by atoms with E-state index in [4.69, 9.17) is 74.8 Å². The topological polar surface area (TPSA) is 93.1 Å². The maximum absolute atomic E-state index is 10.5. The molecule has 0 spiro atoms. The van der Waals surface area contributed by atoms with Gasteiger partial charge in [0.15, 0.2) is 0 Å². The number of ether oxygens (including phenoxy) is 2. The summed E-state index contributed by atoms with van der Waals surface area (Å²) in [7, 11) is 0. The van der Waals surface area contributed by atoms with Crippen LogP contribution in [0.25, 0.3) is 0 Å². The second-order valence-electron chi connectivity index (χ2n) is 2.94. The first-order chi connectivity index (χ1) is 8.82. The fourth-order valence-electron chi connectivity index (χ4n) is 0.775. The van der Waals surface area contributed by atoms with Crippen LogP contribution in [0.15, 0.2) is 0 Å². The second kappa shape index (κ2) is 7.93. The van der Waals surface area contributed by atoms with Crippen LogP contribution < -0.4 is 0 Å². The van der Waals surface area contributed by atoms with Crippen molar-refractivity contribution < 1.29 is 29.1 Å². The number of amides is 2. The minimum absolute atomic E-state index is 0.148. The first kappa shape index (κ1) is 20.1. The summed E-state index contributed by atoms with van der Waals surface area (Å²) in [5.41, 5.74) is 0. The van der Waals surface area contributed by atoms with Crippen LogP contribution in [0.1, 0.15) is 12.8 Å². The van der Waals surface area contributed by atoms with Gasteiger partial charge in [0, 0.05) is 12.8 Å². The molecule has 0 aromatic rings. The zero-order valence-corrected chi connectivity index (χ0v) is 13.7. The molecule has 1 saturated heterocycles. The summed E-state index contributed by atoms with van der Waals surface area (Å²) in [6.45, 7) is 0. The van der Waals surface area contributed by atoms with Gasteiger partial charge in [-0.15, -0.1) is 0 Å². The lowest BCUT2D eigenvalue weighted by molar-refractivity contribution is -0.171. The van der Waals surface area contributed by atoms with Gasteiger partial charge >= 0.3 is 14.1 Å². The highest BCUT2D eigenvalue weighted by molar-refractivity contribution is 6.67. The van der Waals surface area contributed by atoms with Crippen molar-refractivity contribution in [1.82, 2.24) is 5.06 Å². The smallest absolute Gasteiger partial charge is 0.382 e. The monoisotopic (exact) mass is 409 g/mol. The van der Waals surface area contributed by atoms with Crippen LogP contribution in [0.2, 0.25) is 0 Å². The normalized spacial score (nSPS) is 15.7. The summed E-state index contributed by atoms with van der Waals surface area (Å²) < 4.78 is 3.50. The first-order valence-electron chi connectivity index (χ1n) is 4.42. The molecule has 7 nitrogen and oxygen atoms in total. The van der Waals surface area contributed by atoms with E-state index in [0.29, 0.717) is 0 Å². The molecule has 0 saturated carbocycles. The Balaban J connectivity index is 0.000000388. The van der Waals surface area contributed by atoms with E-state index in [-0.39, 0.29) is 17.9 Å². The number of hydrogen-bond donors (Lipinski definition) is 1. The number of imide groups is 1. The third kappa shape index (κ3) is 9.93. The number of hydrogen-bond acceptors (Lipinski definition) is 6. The fourth-order valence-corrected chi connectivity index (χ4v) is 1.15. The van der Waals surface area contributed by atoms with Crippen LogP contribution in [-0.2, 0) is 19.1 Å². The molecule has 0 aromatic heterocycles. The van der Waals surface area contributed by atoms with Crippen molar-refractivity contribution in [2.75, 3.05) is 0 Å². The van der Waals surface area contributed by atoms with Gasteiger partial charge in [0.05, 0.1) is 0 Å². The highest BCUT2D eigenvalue weighted by Crippen LogP contribution is 2.32. The molecule has 0 bridgehead atoms. The Bertz CT molecular complexity index is 356. The third-order valence-corrected chi connectivity index (χ3v) is 1.89. The van der Waals surface area contributed by atoms with E-state index in [1.54, 1.807) is 0 Å². The fraction of sp³-hybridized carbons (Fsp3) is 0.571. The molecule has 1 rings (SSSR count). The molecule has 0 aliphatic carbocycles. The van der Waals surface area contributed by atoms with E-state index in [1.807, 2.05) is 0 Å². The average Bonchev–Trinajstić information content (AvgIpc) is 2.44. The van der Waals surface area contributed by atoms with Crippen molar-refractivity contribution in [3.05, 3.63) is 0 Å². The second-order valence-corrected chi connectivity index (χ2v) is 7.30. The summed E-state index contributed by atoms with van der Waals surface area (Å²) in [5.74, 6) is -1.01. The van der Waals surface area contributed by atoms with Crippen molar-refractivity contribution in [3.63, 3.8) is 0 Å². The lowest BCUT2D eigenvalue weighted by Gasteiger charge is -2.15. The molecule has 1 aliphatic rings. The van der Waals surface area contributed by atoms with Crippen molar-refractivity contribution in [2.45, 2.75) is 20.8 Å². The molecule has 13 heteroatoms. The first-order valence-corrected chi connectivity index (χ1v) is 6.68. The van der Waals surface area contributed by atoms with Gasteiger partial charge in [-0.1, -0.05) is 0 Å². The van der Waals surface area contributed by atoms with E-state index in [9.17, 15) is 14.4 Å². The third-order valence-electron chi connectivity index (χ3n) is 1.42. The number of alkyl halides is 6. The van der Waals surface area contributed by atoms with Crippen LogP contribution in [0, 0.1) is 0 Å². The number of nitrogens with zero attached hydrogens (tertiary/aromatic N) is 1. The molecule has 0 radical (unpaired) electrons. The molecular formula is C7H5Cl6NO6. The number of rotatable bonds is 0. The van der Waals surface area contributed by atoms with E-state index in [2.05, 4.69) is 9.47 Å². The van der Waals surface area contributed by atoms with Crippen molar-refractivity contribution >= 4 is 87.6 Å². The Morgan fingerprint density at radius 3 is 1.40 bits per heavy atom. The van der Waals surface area contributed by atoms with Gasteiger partial charge in [-0.3, -0.25) is 14.8 Å². The van der Waals surface area contributed by atoms with E-state index in [0.717, 1.165) is 0 Å². The zero-order chi connectivity index (χ0) is 16.1. The molecule has 1 fully saturated rings. The maximum Gasteiger partial charge on any atom is 0.515 e. The molecule has 20 heavy (non-hydrogen) atoms. The number of halogens is 6. The van der Waals surface area contributed by atoms with Gasteiger partial charge in [-0.2, -0.15) is 5.06 Å². The van der Waals surface area contributed by atoms with Crippen LogP contribution >= 0.6 is 69.6 Å². The van der Waals surface area contributed by atoms with E-state index < -0.39 is 25.9 Å². The summed E-state index contributed by atoms with van der Waals surface area (Å²) >= 11 is 30.2. The van der Waals surface area contributed by atoms with Gasteiger partial charge in [0.1, 0.15) is 0 Å². The SMILES string of the molecule is O=C(OC(Cl)(Cl)Cl)OC(Cl)(Cl)Cl.O=C1CCC(=O)N1O. The Morgan fingerprint density at radius 1 is 0.950 bits per heavy atom. The Labute approximate surface area is 142 Å². The highest BCUT2D eigenvalue weighted by Gasteiger charge is 2.32. The Kier molecular flexibility index (Phi) is 7.98. The largest absolute Gasteiger partial charge is 0.515 e. The minimum atomic E-state index is -2.24. The maximum atomic E-state index is 10.5. The van der Waals surface area contributed by atoms with Gasteiger partial charge in [-0.05, 0) is 69.6 Å². The molecule has 2 amide bonds. The molecular weight excluding hydrogens is 407 g/mol. The standard InChI is InChI=1S/C4H5NO3.C3Cl6O3/c6-3-1-2-4(7)5(3)8;4-2(5,6)11-1(10)12-3(7,8)9/h8H,1-2H2;. The van der Waals surface area contributed by atoms with E-state index >= 15 is 0 Å². The quantitative estimate of drug-likeness (QED) is 0.284. The van der Waals surface area contributed by atoms with Crippen LogP contribution in [0.5, 0.6) is 0 Å². The Morgan fingerprint density at radius 2 is 1.25 bits per heavy atom. The van der Waals surface area contributed by atoms with Crippen molar-refractivity contribution in [2.24, 2.45) is 0 Å². The molecule has 1 heterocycles. The molecule has 0 aromatic carbocycles. The lowest BCUT2D eigenvalue weighted by Crippen LogP contribution is -2.24. The summed E-state index contributed by atoms with van der Waals surface area (Å²) in [5, 5.41) is 8.57. The highest BCUT2D eigenvalue weighted by atomic mass is 35.6. The van der Waals surface area contributed by atoms with Gasteiger partial charge < -0.3 is 9.47 Å². The summed E-state index contributed by atoms with van der Waals surface area (Å²) in [4.78, 5) is 31.0. The number of carbonyl (C=O) groups excluding carboxylic acids is 3. The van der Waals surface area contributed by atoms with Gasteiger partial charge in [0.25, 0.3) is 11.8 Å². The molecule has 116 valence electrons. The lowest BCUT2D eigenvalue weighted by atomic mass is 10.4. The molecule has 0 unspecified atom stereocenters. The Hall–Kier alpha value is 0.110. The molecule has 1 N–H and O–H groups in total. The molecule has 0 atom stereocenters. The predicted octanol–water partition coefficient (Wildman–Crippen LogP) is 3.32. The molecule has 1 aliphatic heterocycles. The summed E-state index contributed by atoms with van der Waals surface area (Å²) in [6, 6.07) is 0. The van der Waals surface area contributed by atoms with Gasteiger partial charge in [-0.25, -0.2) is 4.79 Å². The van der Waals surface area contributed by atoms with E-state index in [1.165, 1.54) is 0 Å². The average molecular weight is 412 g/mol. The number of hydroxylamine groups is 2. The van der Waals surface area contributed by atoms with Gasteiger partial charge in [0.2, 0.25) is 0 Å². The predicted molar refractivity (Wildman–Crippen MR) is 71.0 cm³/mol. The van der Waals surface area contributed by atoms with Crippen LogP contribution in [-0.4, -0.2) is 36.2 Å². The minimum Gasteiger partial charge on any atom is -0.382 e. The summed E-state index contributed by atoms with van der Waals surface area (Å²) in [6.07, 6.45) is -1.11. The number of carbonyl (C=O) groups is 3. The zero-order valence-electron chi connectivity index (χ0n) is 9.12. The van der Waals surface area contributed by atoms with Crippen molar-refractivity contribution in [1.29, 1.82) is 0 Å². The van der Waals surface area contributed by atoms with Crippen LogP contribution in [0.3, 0.4) is 0 Å². The van der Waals surface area contributed by atoms with Crippen molar-refractivity contribution in [3.8, 4) is 0 Å².